The van der Waals surface area contributed by atoms with Crippen molar-refractivity contribution in [2.24, 2.45) is 0 Å². The Morgan fingerprint density at radius 1 is 1.10 bits per heavy atom. The van der Waals surface area contributed by atoms with E-state index in [1.165, 1.54) is 12.1 Å². The van der Waals surface area contributed by atoms with Gasteiger partial charge in [-0.05, 0) is 29.8 Å². The molecule has 5 heteroatoms. The summed E-state index contributed by atoms with van der Waals surface area (Å²) in [5, 5.41) is 6.92. The average molecular weight is 283 g/mol. The molecule has 3 aromatic rings. The Bertz CT molecular complexity index is 783. The molecule has 3 N–H and O–H groups in total. The van der Waals surface area contributed by atoms with E-state index in [9.17, 15) is 4.39 Å². The third kappa shape index (κ3) is 2.45. The van der Waals surface area contributed by atoms with Gasteiger partial charge in [-0.1, -0.05) is 24.3 Å². The fourth-order valence-corrected chi connectivity index (χ4v) is 2.28. The number of nitrogens with zero attached hydrogens (tertiary/aromatic N) is 1. The first-order chi connectivity index (χ1) is 10.2. The molecular weight excluding hydrogens is 269 g/mol. The standard InChI is InChI=1S/C16H14FN3O/c1-21-13-7-3-4-10(9-13)14-15(19-20-16(14)18)11-5-2-6-12(17)8-11/h2-9H,1H3,(H3,18,19,20). The lowest BCUT2D eigenvalue weighted by atomic mass is 10.0. The molecule has 106 valence electrons. The zero-order chi connectivity index (χ0) is 14.8. The van der Waals surface area contributed by atoms with Crippen LogP contribution in [0.1, 0.15) is 0 Å². The number of hydrogen-bond donors (Lipinski definition) is 2. The van der Waals surface area contributed by atoms with E-state index in [0.29, 0.717) is 17.1 Å². The number of H-pyrrole nitrogens is 1. The molecule has 0 bridgehead atoms. The first-order valence-electron chi connectivity index (χ1n) is 6.43. The summed E-state index contributed by atoms with van der Waals surface area (Å²) in [7, 11) is 1.60. The normalized spacial score (nSPS) is 10.6. The summed E-state index contributed by atoms with van der Waals surface area (Å²) in [6, 6.07) is 13.8. The maximum absolute atomic E-state index is 13.4. The molecular formula is C16H14FN3O. The molecule has 0 radical (unpaired) electrons. The molecule has 0 unspecified atom stereocenters. The van der Waals surface area contributed by atoms with Crippen molar-refractivity contribution in [2.75, 3.05) is 12.8 Å². The summed E-state index contributed by atoms with van der Waals surface area (Å²) < 4.78 is 18.7. The highest BCUT2D eigenvalue weighted by atomic mass is 19.1. The van der Waals surface area contributed by atoms with Crippen LogP contribution in [0, 0.1) is 5.82 Å². The Hall–Kier alpha value is -2.82. The Labute approximate surface area is 121 Å². The van der Waals surface area contributed by atoms with Gasteiger partial charge in [0.25, 0.3) is 0 Å². The van der Waals surface area contributed by atoms with Crippen molar-refractivity contribution in [3.8, 4) is 28.1 Å². The Kier molecular flexibility index (Phi) is 3.31. The van der Waals surface area contributed by atoms with Crippen LogP contribution < -0.4 is 10.5 Å². The molecule has 0 saturated heterocycles. The Balaban J connectivity index is 2.17. The number of anilines is 1. The minimum atomic E-state index is -0.308. The third-order valence-electron chi connectivity index (χ3n) is 3.27. The fraction of sp³-hybridized carbons (Fsp3) is 0.0625. The predicted molar refractivity (Wildman–Crippen MR) is 80.4 cm³/mol. The number of ether oxygens (including phenoxy) is 1. The Morgan fingerprint density at radius 2 is 1.86 bits per heavy atom. The molecule has 0 aliphatic heterocycles. The van der Waals surface area contributed by atoms with Crippen molar-refractivity contribution in [3.05, 3.63) is 54.3 Å². The number of aromatic nitrogens is 2. The van der Waals surface area contributed by atoms with Crippen LogP contribution in [0.4, 0.5) is 10.2 Å². The van der Waals surface area contributed by atoms with Crippen molar-refractivity contribution in [2.45, 2.75) is 0 Å². The van der Waals surface area contributed by atoms with Crippen molar-refractivity contribution in [1.29, 1.82) is 0 Å². The average Bonchev–Trinajstić information content (AvgIpc) is 2.89. The van der Waals surface area contributed by atoms with Crippen LogP contribution in [0.5, 0.6) is 5.75 Å². The predicted octanol–water partition coefficient (Wildman–Crippen LogP) is 3.47. The topological polar surface area (TPSA) is 63.9 Å². The lowest BCUT2D eigenvalue weighted by molar-refractivity contribution is 0.415. The summed E-state index contributed by atoms with van der Waals surface area (Å²) in [5.74, 6) is 0.776. The van der Waals surface area contributed by atoms with Crippen LogP contribution in [0.25, 0.3) is 22.4 Å². The summed E-state index contributed by atoms with van der Waals surface area (Å²) in [4.78, 5) is 0. The minimum absolute atomic E-state index is 0.308. The highest BCUT2D eigenvalue weighted by molar-refractivity contribution is 5.88. The van der Waals surface area contributed by atoms with Crippen LogP contribution in [-0.4, -0.2) is 17.3 Å². The number of benzene rings is 2. The van der Waals surface area contributed by atoms with Crippen LogP contribution in [0.3, 0.4) is 0 Å². The van der Waals surface area contributed by atoms with Gasteiger partial charge in [-0.3, -0.25) is 5.10 Å². The van der Waals surface area contributed by atoms with Crippen LogP contribution in [0.15, 0.2) is 48.5 Å². The molecule has 1 heterocycles. The SMILES string of the molecule is COc1cccc(-c2c(N)n[nH]c2-c2cccc(F)c2)c1. The molecule has 0 atom stereocenters. The maximum atomic E-state index is 13.4. The second kappa shape index (κ2) is 5.28. The van der Waals surface area contributed by atoms with Gasteiger partial charge in [-0.2, -0.15) is 5.10 Å². The van der Waals surface area contributed by atoms with Crippen molar-refractivity contribution < 1.29 is 9.13 Å². The van der Waals surface area contributed by atoms with Crippen molar-refractivity contribution >= 4 is 5.82 Å². The first kappa shape index (κ1) is 13.2. The van der Waals surface area contributed by atoms with Crippen LogP contribution in [0.2, 0.25) is 0 Å². The van der Waals surface area contributed by atoms with E-state index in [4.69, 9.17) is 10.5 Å². The van der Waals surface area contributed by atoms with E-state index < -0.39 is 0 Å². The van der Waals surface area contributed by atoms with Gasteiger partial charge in [0.05, 0.1) is 18.4 Å². The number of halogens is 1. The van der Waals surface area contributed by atoms with E-state index in [2.05, 4.69) is 10.2 Å². The Morgan fingerprint density at radius 3 is 2.62 bits per heavy atom. The number of methoxy groups -OCH3 is 1. The lowest BCUT2D eigenvalue weighted by Crippen LogP contribution is -1.90. The number of nitrogens with one attached hydrogen (secondary N) is 1. The zero-order valence-electron chi connectivity index (χ0n) is 11.4. The monoisotopic (exact) mass is 283 g/mol. The highest BCUT2D eigenvalue weighted by Gasteiger charge is 2.15. The molecule has 4 nitrogen and oxygen atoms in total. The van der Waals surface area contributed by atoms with Gasteiger partial charge in [0, 0.05) is 5.56 Å². The van der Waals surface area contributed by atoms with Gasteiger partial charge in [0.1, 0.15) is 11.6 Å². The van der Waals surface area contributed by atoms with Gasteiger partial charge in [0.15, 0.2) is 5.82 Å². The molecule has 0 aliphatic carbocycles. The fourth-order valence-electron chi connectivity index (χ4n) is 2.28. The second-order valence-electron chi connectivity index (χ2n) is 4.60. The van der Waals surface area contributed by atoms with Gasteiger partial charge in [-0.15, -0.1) is 0 Å². The molecule has 1 aromatic heterocycles. The largest absolute Gasteiger partial charge is 0.497 e. The minimum Gasteiger partial charge on any atom is -0.497 e. The number of hydrogen-bond acceptors (Lipinski definition) is 3. The lowest BCUT2D eigenvalue weighted by Gasteiger charge is -2.07. The zero-order valence-corrected chi connectivity index (χ0v) is 11.4. The molecule has 3 rings (SSSR count). The van der Waals surface area contributed by atoms with Crippen molar-refractivity contribution in [3.63, 3.8) is 0 Å². The molecule has 0 amide bonds. The van der Waals surface area contributed by atoms with Crippen LogP contribution >= 0.6 is 0 Å². The summed E-state index contributed by atoms with van der Waals surface area (Å²) in [6.45, 7) is 0. The maximum Gasteiger partial charge on any atom is 0.153 e. The number of aromatic amines is 1. The van der Waals surface area contributed by atoms with E-state index in [0.717, 1.165) is 16.9 Å². The van der Waals surface area contributed by atoms with E-state index in [-0.39, 0.29) is 5.82 Å². The summed E-state index contributed by atoms with van der Waals surface area (Å²) in [6.07, 6.45) is 0. The highest BCUT2D eigenvalue weighted by Crippen LogP contribution is 2.36. The van der Waals surface area contributed by atoms with Gasteiger partial charge >= 0.3 is 0 Å². The van der Waals surface area contributed by atoms with Gasteiger partial charge in [0.2, 0.25) is 0 Å². The van der Waals surface area contributed by atoms with E-state index >= 15 is 0 Å². The molecule has 0 saturated carbocycles. The second-order valence-corrected chi connectivity index (χ2v) is 4.60. The summed E-state index contributed by atoms with van der Waals surface area (Å²) in [5.41, 5.74) is 8.93. The third-order valence-corrected chi connectivity index (χ3v) is 3.27. The van der Waals surface area contributed by atoms with E-state index in [1.807, 2.05) is 24.3 Å². The van der Waals surface area contributed by atoms with Gasteiger partial charge < -0.3 is 10.5 Å². The molecule has 0 spiro atoms. The number of nitrogens with two attached hydrogens (primary N) is 1. The van der Waals surface area contributed by atoms with E-state index in [1.54, 1.807) is 19.2 Å². The first-order valence-corrected chi connectivity index (χ1v) is 6.43. The smallest absolute Gasteiger partial charge is 0.153 e. The molecule has 0 aliphatic rings. The van der Waals surface area contributed by atoms with Crippen molar-refractivity contribution in [1.82, 2.24) is 10.2 Å². The summed E-state index contributed by atoms with van der Waals surface area (Å²) >= 11 is 0. The number of rotatable bonds is 3. The molecule has 2 aromatic carbocycles. The molecule has 0 fully saturated rings. The molecule has 21 heavy (non-hydrogen) atoms. The van der Waals surface area contributed by atoms with Crippen LogP contribution in [-0.2, 0) is 0 Å². The quantitative estimate of drug-likeness (QED) is 0.773. The van der Waals surface area contributed by atoms with Gasteiger partial charge in [-0.25, -0.2) is 4.39 Å². The number of nitrogen functional groups attached to an aromatic ring is 1.